The van der Waals surface area contributed by atoms with E-state index in [2.05, 4.69) is 0 Å². The summed E-state index contributed by atoms with van der Waals surface area (Å²) >= 11 is 2.59. The Balaban J connectivity index is 1.94. The summed E-state index contributed by atoms with van der Waals surface area (Å²) in [4.78, 5) is 24.5. The van der Waals surface area contributed by atoms with Gasteiger partial charge in [-0.05, 0) is 34.5 Å². The highest BCUT2D eigenvalue weighted by Crippen LogP contribution is 2.35. The first-order chi connectivity index (χ1) is 13.5. The maximum absolute atomic E-state index is 13.8. The average molecular weight is 420 g/mol. The number of aromatic hydroxyl groups is 1. The second-order valence-corrected chi connectivity index (χ2v) is 7.70. The summed E-state index contributed by atoms with van der Waals surface area (Å²) in [5.41, 5.74) is 0.114. The summed E-state index contributed by atoms with van der Waals surface area (Å²) in [5.74, 6) is -1.60. The molecule has 8 heteroatoms. The number of esters is 1. The second-order valence-electron chi connectivity index (χ2n) is 5.90. The molecule has 146 valence electrons. The van der Waals surface area contributed by atoms with Crippen LogP contribution >= 0.6 is 23.1 Å². The molecule has 0 spiro atoms. The third kappa shape index (κ3) is 4.63. The summed E-state index contributed by atoms with van der Waals surface area (Å²) in [6, 6.07) is 9.26. The Morgan fingerprint density at radius 3 is 2.82 bits per heavy atom. The summed E-state index contributed by atoms with van der Waals surface area (Å²) < 4.78 is 24.3. The van der Waals surface area contributed by atoms with E-state index in [0.717, 1.165) is 5.56 Å². The molecule has 0 unspecified atom stereocenters. The highest BCUT2D eigenvalue weighted by atomic mass is 32.2. The molecule has 0 saturated carbocycles. The molecule has 0 aliphatic rings. The fourth-order valence-corrected chi connectivity index (χ4v) is 4.19. The Kier molecular flexibility index (Phi) is 6.53. The van der Waals surface area contributed by atoms with Gasteiger partial charge in [-0.1, -0.05) is 12.1 Å². The third-order valence-corrected chi connectivity index (χ3v) is 5.84. The van der Waals surface area contributed by atoms with E-state index in [-0.39, 0.29) is 29.5 Å². The highest BCUT2D eigenvalue weighted by Gasteiger charge is 2.26. The average Bonchev–Trinajstić information content (AvgIpc) is 3.22. The van der Waals surface area contributed by atoms with Gasteiger partial charge in [0.1, 0.15) is 11.6 Å². The van der Waals surface area contributed by atoms with Gasteiger partial charge in [0, 0.05) is 11.0 Å². The summed E-state index contributed by atoms with van der Waals surface area (Å²) in [5, 5.41) is 13.9. The Labute approximate surface area is 168 Å². The molecule has 3 aromatic rings. The van der Waals surface area contributed by atoms with Crippen molar-refractivity contribution >= 4 is 29.1 Å². The highest BCUT2D eigenvalue weighted by molar-refractivity contribution is 7.98. The van der Waals surface area contributed by atoms with Gasteiger partial charge in [-0.2, -0.15) is 11.3 Å². The smallest absolute Gasteiger partial charge is 0.306 e. The minimum absolute atomic E-state index is 0.000401. The first-order valence-electron chi connectivity index (χ1n) is 8.31. The van der Waals surface area contributed by atoms with Crippen LogP contribution in [-0.2, 0) is 15.3 Å². The van der Waals surface area contributed by atoms with E-state index < -0.39 is 23.1 Å². The lowest BCUT2D eigenvalue weighted by Gasteiger charge is -2.16. The van der Waals surface area contributed by atoms with E-state index in [0.29, 0.717) is 4.90 Å². The number of carbonyl (C=O) groups is 1. The van der Waals surface area contributed by atoms with Gasteiger partial charge in [0.15, 0.2) is 5.76 Å². The number of hydrogen-bond donors (Lipinski definition) is 1. The predicted octanol–water partition coefficient (Wildman–Crippen LogP) is 4.53. The molecule has 0 bridgehead atoms. The molecule has 1 N–H and O–H groups in total. The van der Waals surface area contributed by atoms with Crippen molar-refractivity contribution in [2.24, 2.45) is 0 Å². The molecule has 1 aromatic carbocycles. The Bertz CT molecular complexity index is 1010. The van der Waals surface area contributed by atoms with Crippen LogP contribution in [0.5, 0.6) is 5.75 Å². The topological polar surface area (TPSA) is 76.7 Å². The lowest BCUT2D eigenvalue weighted by molar-refractivity contribution is -0.140. The normalized spacial score (nSPS) is 11.9. The van der Waals surface area contributed by atoms with Gasteiger partial charge in [-0.15, -0.1) is 11.8 Å². The number of carbonyl (C=O) groups excluding carboxylic acids is 1. The van der Waals surface area contributed by atoms with Gasteiger partial charge in [0.25, 0.3) is 0 Å². The lowest BCUT2D eigenvalue weighted by Crippen LogP contribution is -2.13. The third-order valence-electron chi connectivity index (χ3n) is 4.07. The maximum atomic E-state index is 13.8. The van der Waals surface area contributed by atoms with E-state index in [4.69, 9.17) is 9.15 Å². The van der Waals surface area contributed by atoms with Gasteiger partial charge in [0.05, 0.1) is 25.2 Å². The molecular formula is C20H17FO5S2. The van der Waals surface area contributed by atoms with Crippen molar-refractivity contribution in [3.8, 4) is 5.75 Å². The summed E-state index contributed by atoms with van der Waals surface area (Å²) in [6.45, 7) is 0. The van der Waals surface area contributed by atoms with Crippen molar-refractivity contribution in [3.63, 3.8) is 0 Å². The molecule has 0 saturated heterocycles. The maximum Gasteiger partial charge on any atom is 0.306 e. The molecule has 3 rings (SSSR count). The van der Waals surface area contributed by atoms with Crippen molar-refractivity contribution in [1.29, 1.82) is 0 Å². The molecular weight excluding hydrogens is 403 g/mol. The molecule has 2 aromatic heterocycles. The number of benzene rings is 1. The first-order valence-corrected chi connectivity index (χ1v) is 10.2. The Hall–Kier alpha value is -2.58. The van der Waals surface area contributed by atoms with Crippen LogP contribution in [0.3, 0.4) is 0 Å². The zero-order valence-electron chi connectivity index (χ0n) is 14.9. The summed E-state index contributed by atoms with van der Waals surface area (Å²) in [6.07, 6.45) is -0.0896. The van der Waals surface area contributed by atoms with Crippen LogP contribution in [0.25, 0.3) is 0 Å². The molecule has 0 aliphatic heterocycles. The number of rotatable bonds is 7. The predicted molar refractivity (Wildman–Crippen MR) is 105 cm³/mol. The fourth-order valence-electron chi connectivity index (χ4n) is 2.66. The largest absolute Gasteiger partial charge is 0.502 e. The number of thiophene rings is 1. The van der Waals surface area contributed by atoms with Crippen molar-refractivity contribution in [2.45, 2.75) is 23.0 Å². The van der Waals surface area contributed by atoms with Crippen LogP contribution < -0.4 is 5.43 Å². The van der Waals surface area contributed by atoms with Crippen molar-refractivity contribution in [2.75, 3.05) is 7.11 Å². The van der Waals surface area contributed by atoms with Crippen molar-refractivity contribution in [1.82, 2.24) is 0 Å². The van der Waals surface area contributed by atoms with E-state index in [1.54, 1.807) is 24.3 Å². The Morgan fingerprint density at radius 1 is 1.36 bits per heavy atom. The minimum atomic E-state index is -0.662. The molecule has 5 nitrogen and oxygen atoms in total. The SMILES string of the molecule is COC(=O)C[C@H](c1ccsc1)c1oc(CSc2ccccc2F)cc(=O)c1O. The van der Waals surface area contributed by atoms with E-state index in [9.17, 15) is 19.1 Å². The van der Waals surface area contributed by atoms with Gasteiger partial charge in [-0.25, -0.2) is 4.39 Å². The molecule has 28 heavy (non-hydrogen) atoms. The zero-order valence-corrected chi connectivity index (χ0v) is 16.5. The molecule has 0 fully saturated rings. The first kappa shape index (κ1) is 20.2. The van der Waals surface area contributed by atoms with Crippen LogP contribution in [0, 0.1) is 5.82 Å². The van der Waals surface area contributed by atoms with Crippen LogP contribution in [0.2, 0.25) is 0 Å². The van der Waals surface area contributed by atoms with Crippen LogP contribution in [-0.4, -0.2) is 18.2 Å². The van der Waals surface area contributed by atoms with Crippen LogP contribution in [0.15, 0.2) is 61.3 Å². The zero-order chi connectivity index (χ0) is 20.1. The molecule has 0 aliphatic carbocycles. The fraction of sp³-hybridized carbons (Fsp3) is 0.200. The van der Waals surface area contributed by atoms with Crippen LogP contribution in [0.4, 0.5) is 4.39 Å². The van der Waals surface area contributed by atoms with Crippen LogP contribution in [0.1, 0.15) is 29.4 Å². The number of ether oxygens (including phenoxy) is 1. The molecule has 0 radical (unpaired) electrons. The monoisotopic (exact) mass is 420 g/mol. The summed E-state index contributed by atoms with van der Waals surface area (Å²) in [7, 11) is 1.27. The van der Waals surface area contributed by atoms with Gasteiger partial charge in [-0.3, -0.25) is 9.59 Å². The van der Waals surface area contributed by atoms with Crippen molar-refractivity contribution in [3.05, 3.63) is 80.3 Å². The van der Waals surface area contributed by atoms with E-state index in [1.807, 2.05) is 10.8 Å². The molecule has 2 heterocycles. The molecule has 1 atom stereocenters. The van der Waals surface area contributed by atoms with Gasteiger partial charge >= 0.3 is 5.97 Å². The Morgan fingerprint density at radius 2 is 2.14 bits per heavy atom. The lowest BCUT2D eigenvalue weighted by atomic mass is 9.94. The van der Waals surface area contributed by atoms with Gasteiger partial charge < -0.3 is 14.3 Å². The van der Waals surface area contributed by atoms with Gasteiger partial charge in [0.2, 0.25) is 11.2 Å². The van der Waals surface area contributed by atoms with E-state index >= 15 is 0 Å². The quantitative estimate of drug-likeness (QED) is 0.447. The van der Waals surface area contributed by atoms with Crippen molar-refractivity contribution < 1.29 is 23.4 Å². The standard InChI is InChI=1S/C20H17FO5S2/c1-25-18(23)9-14(12-6-7-27-10-12)20-19(24)16(22)8-13(26-20)11-28-17-5-3-2-4-15(17)21/h2-8,10,14,24H,9,11H2,1H3/t14-/m1/s1. The molecule has 0 amide bonds. The second kappa shape index (κ2) is 9.07. The van der Waals surface area contributed by atoms with E-state index in [1.165, 1.54) is 42.3 Å². The minimum Gasteiger partial charge on any atom is -0.502 e. The number of thioether (sulfide) groups is 1. The number of methoxy groups -OCH3 is 1. The number of halogens is 1. The number of hydrogen-bond acceptors (Lipinski definition) is 7.